The molecule has 116 valence electrons. The molecule has 0 aromatic carbocycles. The van der Waals surface area contributed by atoms with Crippen molar-refractivity contribution in [2.24, 2.45) is 5.92 Å². The van der Waals surface area contributed by atoms with Crippen molar-refractivity contribution < 1.29 is 13.9 Å². The van der Waals surface area contributed by atoms with Crippen LogP contribution in [0.3, 0.4) is 0 Å². The van der Waals surface area contributed by atoms with Gasteiger partial charge in [-0.05, 0) is 59.7 Å². The maximum Gasteiger partial charge on any atom is 0.309 e. The number of carbonyl (C=O) groups excluding carboxylic acids is 1. The molecule has 2 fully saturated rings. The first-order valence-corrected chi connectivity index (χ1v) is 7.68. The molecule has 2 unspecified atom stereocenters. The molecule has 0 saturated carbocycles. The molecule has 0 bridgehead atoms. The molecule has 20 heavy (non-hydrogen) atoms. The largest absolute Gasteiger partial charge is 0.460 e. The van der Waals surface area contributed by atoms with Crippen molar-refractivity contribution in [3.05, 3.63) is 0 Å². The van der Waals surface area contributed by atoms with Crippen LogP contribution in [0, 0.1) is 5.92 Å². The van der Waals surface area contributed by atoms with Crippen molar-refractivity contribution in [1.29, 1.82) is 0 Å². The second-order valence-electron chi connectivity index (χ2n) is 6.92. The van der Waals surface area contributed by atoms with Crippen LogP contribution in [0.4, 0.5) is 4.39 Å². The van der Waals surface area contributed by atoms with Gasteiger partial charge in [0, 0.05) is 12.6 Å². The number of carbonyl (C=O) groups is 1. The molecule has 0 aromatic heterocycles. The normalized spacial score (nSPS) is 30.2. The van der Waals surface area contributed by atoms with Crippen molar-refractivity contribution in [3.63, 3.8) is 0 Å². The topological polar surface area (TPSA) is 41.6 Å². The molecule has 2 atom stereocenters. The lowest BCUT2D eigenvalue weighted by molar-refractivity contribution is -0.162. The predicted octanol–water partition coefficient (Wildman–Crippen LogP) is 1.74. The van der Waals surface area contributed by atoms with Gasteiger partial charge in [-0.2, -0.15) is 0 Å². The van der Waals surface area contributed by atoms with E-state index in [0.717, 1.165) is 38.9 Å². The highest BCUT2D eigenvalue weighted by atomic mass is 19.1. The van der Waals surface area contributed by atoms with E-state index in [1.54, 1.807) is 0 Å². The van der Waals surface area contributed by atoms with E-state index < -0.39 is 11.8 Å². The van der Waals surface area contributed by atoms with Crippen LogP contribution in [0.2, 0.25) is 0 Å². The van der Waals surface area contributed by atoms with Gasteiger partial charge in [0.25, 0.3) is 0 Å². The number of likely N-dealkylation sites (tertiary alicyclic amines) is 1. The minimum Gasteiger partial charge on any atom is -0.460 e. The number of nitrogens with one attached hydrogen (secondary N) is 1. The third-order valence-electron chi connectivity index (χ3n) is 4.11. The Bertz CT molecular complexity index is 335. The molecule has 2 aliphatic rings. The van der Waals surface area contributed by atoms with Crippen LogP contribution in [-0.4, -0.2) is 54.9 Å². The zero-order valence-corrected chi connectivity index (χ0v) is 12.8. The number of alkyl halides is 1. The Kier molecular flexibility index (Phi) is 5.02. The smallest absolute Gasteiger partial charge is 0.309 e. The molecule has 0 amide bonds. The monoisotopic (exact) mass is 286 g/mol. The molecule has 4 nitrogen and oxygen atoms in total. The van der Waals surface area contributed by atoms with Crippen LogP contribution >= 0.6 is 0 Å². The maximum absolute atomic E-state index is 13.9. The van der Waals surface area contributed by atoms with Crippen LogP contribution in [0.1, 0.15) is 40.0 Å². The molecule has 0 spiro atoms. The van der Waals surface area contributed by atoms with E-state index in [4.69, 9.17) is 4.74 Å². The SMILES string of the molecule is CC(C)(C)OC(=O)C1CCN(C2CCNCC2F)CC1. The fourth-order valence-corrected chi connectivity index (χ4v) is 3.07. The van der Waals surface area contributed by atoms with Gasteiger partial charge in [0.1, 0.15) is 11.8 Å². The van der Waals surface area contributed by atoms with Gasteiger partial charge < -0.3 is 10.1 Å². The van der Waals surface area contributed by atoms with E-state index in [2.05, 4.69) is 10.2 Å². The first-order valence-electron chi connectivity index (χ1n) is 7.68. The number of piperidine rings is 2. The third kappa shape index (κ3) is 4.16. The van der Waals surface area contributed by atoms with E-state index in [9.17, 15) is 9.18 Å². The van der Waals surface area contributed by atoms with Crippen LogP contribution in [0.5, 0.6) is 0 Å². The summed E-state index contributed by atoms with van der Waals surface area (Å²) in [6.07, 6.45) is 1.64. The predicted molar refractivity (Wildman–Crippen MR) is 76.3 cm³/mol. The van der Waals surface area contributed by atoms with E-state index in [1.165, 1.54) is 0 Å². The molecule has 1 N–H and O–H groups in total. The highest BCUT2D eigenvalue weighted by Crippen LogP contribution is 2.25. The second-order valence-corrected chi connectivity index (χ2v) is 6.92. The van der Waals surface area contributed by atoms with Crippen LogP contribution in [0.15, 0.2) is 0 Å². The summed E-state index contributed by atoms with van der Waals surface area (Å²) in [5, 5.41) is 3.08. The average Bonchev–Trinajstić information content (AvgIpc) is 2.37. The summed E-state index contributed by atoms with van der Waals surface area (Å²) >= 11 is 0. The summed E-state index contributed by atoms with van der Waals surface area (Å²) < 4.78 is 19.4. The zero-order chi connectivity index (χ0) is 14.8. The minimum absolute atomic E-state index is 0.0229. The molecule has 2 heterocycles. The number of hydrogen-bond donors (Lipinski definition) is 1. The molecular formula is C15H27FN2O2. The van der Waals surface area contributed by atoms with Crippen molar-refractivity contribution in [2.75, 3.05) is 26.2 Å². The van der Waals surface area contributed by atoms with E-state index in [1.807, 2.05) is 20.8 Å². The lowest BCUT2D eigenvalue weighted by Crippen LogP contribution is -2.53. The summed E-state index contributed by atoms with van der Waals surface area (Å²) in [5.41, 5.74) is -0.423. The van der Waals surface area contributed by atoms with Gasteiger partial charge in [0.15, 0.2) is 0 Å². The summed E-state index contributed by atoms with van der Waals surface area (Å²) in [5.74, 6) is -0.121. The molecule has 2 rings (SSSR count). The van der Waals surface area contributed by atoms with Crippen molar-refractivity contribution in [2.45, 2.75) is 57.8 Å². The van der Waals surface area contributed by atoms with Gasteiger partial charge in [0.05, 0.1) is 5.92 Å². The fourth-order valence-electron chi connectivity index (χ4n) is 3.07. The van der Waals surface area contributed by atoms with Gasteiger partial charge in [-0.15, -0.1) is 0 Å². The summed E-state index contributed by atoms with van der Waals surface area (Å²) in [6.45, 7) is 8.62. The first-order chi connectivity index (χ1) is 9.37. The Morgan fingerprint density at radius 2 is 1.90 bits per heavy atom. The minimum atomic E-state index is -0.790. The number of ether oxygens (including phenoxy) is 1. The Balaban J connectivity index is 1.81. The molecule has 0 aromatic rings. The van der Waals surface area contributed by atoms with Crippen molar-refractivity contribution >= 4 is 5.97 Å². The maximum atomic E-state index is 13.9. The first kappa shape index (κ1) is 15.7. The van der Waals surface area contributed by atoms with Crippen molar-refractivity contribution in [3.8, 4) is 0 Å². The summed E-state index contributed by atoms with van der Waals surface area (Å²) in [7, 11) is 0. The van der Waals surface area contributed by atoms with E-state index in [0.29, 0.717) is 6.54 Å². The van der Waals surface area contributed by atoms with Gasteiger partial charge in [0.2, 0.25) is 0 Å². The average molecular weight is 286 g/mol. The second kappa shape index (κ2) is 6.39. The highest BCUT2D eigenvalue weighted by Gasteiger charge is 2.35. The molecule has 0 radical (unpaired) electrons. The lowest BCUT2D eigenvalue weighted by Gasteiger charge is -2.40. The van der Waals surface area contributed by atoms with E-state index in [-0.39, 0.29) is 17.9 Å². The Hall–Kier alpha value is -0.680. The van der Waals surface area contributed by atoms with Crippen LogP contribution in [-0.2, 0) is 9.53 Å². The van der Waals surface area contributed by atoms with Crippen molar-refractivity contribution in [1.82, 2.24) is 10.2 Å². The number of esters is 1. The Labute approximate surface area is 121 Å². The molecular weight excluding hydrogens is 259 g/mol. The number of nitrogens with zero attached hydrogens (tertiary/aromatic N) is 1. The number of halogens is 1. The van der Waals surface area contributed by atoms with Gasteiger partial charge in [-0.1, -0.05) is 0 Å². The number of hydrogen-bond acceptors (Lipinski definition) is 4. The molecule has 2 saturated heterocycles. The van der Waals surface area contributed by atoms with Gasteiger partial charge >= 0.3 is 5.97 Å². The Morgan fingerprint density at radius 1 is 1.25 bits per heavy atom. The molecule has 0 aliphatic carbocycles. The lowest BCUT2D eigenvalue weighted by atomic mass is 9.93. The van der Waals surface area contributed by atoms with Gasteiger partial charge in [-0.3, -0.25) is 9.69 Å². The van der Waals surface area contributed by atoms with Crippen LogP contribution in [0.25, 0.3) is 0 Å². The fraction of sp³-hybridized carbons (Fsp3) is 0.933. The standard InChI is InChI=1S/C15H27FN2O2/c1-15(2,3)20-14(19)11-5-8-18(9-6-11)13-4-7-17-10-12(13)16/h11-13,17H,4-10H2,1-3H3. The summed E-state index contributed by atoms with van der Waals surface area (Å²) in [6, 6.07) is 0.0239. The quantitative estimate of drug-likeness (QED) is 0.785. The van der Waals surface area contributed by atoms with Crippen LogP contribution < -0.4 is 5.32 Å². The summed E-state index contributed by atoms with van der Waals surface area (Å²) in [4.78, 5) is 14.3. The van der Waals surface area contributed by atoms with Gasteiger partial charge in [-0.25, -0.2) is 4.39 Å². The molecule has 5 heteroatoms. The third-order valence-corrected chi connectivity index (χ3v) is 4.11. The molecule has 2 aliphatic heterocycles. The highest BCUT2D eigenvalue weighted by molar-refractivity contribution is 5.73. The van der Waals surface area contributed by atoms with E-state index >= 15 is 0 Å². The Morgan fingerprint density at radius 3 is 2.45 bits per heavy atom. The number of rotatable bonds is 2. The zero-order valence-electron chi connectivity index (χ0n) is 12.8.